The summed E-state index contributed by atoms with van der Waals surface area (Å²) in [5.41, 5.74) is 0.775. The van der Waals surface area contributed by atoms with Crippen molar-refractivity contribution in [1.82, 2.24) is 14.2 Å². The maximum atomic E-state index is 12.8. The van der Waals surface area contributed by atoms with Crippen LogP contribution in [0, 0.1) is 11.3 Å². The summed E-state index contributed by atoms with van der Waals surface area (Å²) >= 11 is 0. The van der Waals surface area contributed by atoms with Gasteiger partial charge in [-0.2, -0.15) is 9.57 Å². The molecule has 0 radical (unpaired) electrons. The molecule has 1 amide bonds. The molecule has 2 aromatic rings. The quantitative estimate of drug-likeness (QED) is 0.572. The van der Waals surface area contributed by atoms with Gasteiger partial charge in [-0.3, -0.25) is 9.69 Å². The minimum absolute atomic E-state index is 0.161. The van der Waals surface area contributed by atoms with Crippen LogP contribution in [0.25, 0.3) is 0 Å². The van der Waals surface area contributed by atoms with Crippen molar-refractivity contribution in [1.29, 1.82) is 5.26 Å². The Labute approximate surface area is 200 Å². The van der Waals surface area contributed by atoms with Crippen LogP contribution < -0.4 is 10.2 Å². The molecule has 1 aromatic heterocycles. The smallest absolute Gasteiger partial charge is 0.243 e. The number of rotatable bonds is 9. The zero-order valence-electron chi connectivity index (χ0n) is 19.5. The summed E-state index contributed by atoms with van der Waals surface area (Å²) in [4.78, 5) is 21.1. The summed E-state index contributed by atoms with van der Waals surface area (Å²) in [7, 11) is -3.60. The molecule has 182 valence electrons. The highest BCUT2D eigenvalue weighted by molar-refractivity contribution is 7.89. The highest BCUT2D eigenvalue weighted by Gasteiger charge is 2.32. The average Bonchev–Trinajstić information content (AvgIpc) is 3.59. The molecule has 1 aromatic carbocycles. The van der Waals surface area contributed by atoms with Crippen molar-refractivity contribution < 1.29 is 17.6 Å². The van der Waals surface area contributed by atoms with E-state index < -0.39 is 10.0 Å². The highest BCUT2D eigenvalue weighted by atomic mass is 32.2. The maximum absolute atomic E-state index is 12.8. The topological polar surface area (TPSA) is 123 Å². The van der Waals surface area contributed by atoms with Crippen molar-refractivity contribution in [2.75, 3.05) is 56.0 Å². The Bertz CT molecular complexity index is 1170. The molecular weight excluding hydrogens is 456 g/mol. The second kappa shape index (κ2) is 10.1. The van der Waals surface area contributed by atoms with Gasteiger partial charge in [-0.05, 0) is 31.0 Å². The van der Waals surface area contributed by atoms with E-state index in [0.29, 0.717) is 68.3 Å². The Balaban J connectivity index is 1.33. The lowest BCUT2D eigenvalue weighted by Gasteiger charge is -2.34. The molecule has 0 unspecified atom stereocenters. The molecule has 0 bridgehead atoms. The van der Waals surface area contributed by atoms with Crippen molar-refractivity contribution in [3.8, 4) is 6.07 Å². The van der Waals surface area contributed by atoms with E-state index in [1.807, 2.05) is 9.80 Å². The van der Waals surface area contributed by atoms with Crippen LogP contribution in [-0.4, -0.2) is 74.3 Å². The number of nitriles is 1. The third-order valence-electron chi connectivity index (χ3n) is 6.15. The fraction of sp³-hybridized carbons (Fsp3) is 0.522. The van der Waals surface area contributed by atoms with Gasteiger partial charge in [-0.1, -0.05) is 19.9 Å². The van der Waals surface area contributed by atoms with Crippen molar-refractivity contribution in [2.24, 2.45) is 0 Å². The van der Waals surface area contributed by atoms with Crippen molar-refractivity contribution in [3.05, 3.63) is 35.9 Å². The first-order valence-electron chi connectivity index (χ1n) is 11.6. The molecule has 1 N–H and O–H groups in total. The molecule has 2 heterocycles. The van der Waals surface area contributed by atoms with E-state index in [1.54, 1.807) is 26.0 Å². The summed E-state index contributed by atoms with van der Waals surface area (Å²) in [6.45, 7) is 7.06. The van der Waals surface area contributed by atoms with Gasteiger partial charge in [0, 0.05) is 50.9 Å². The largest absolute Gasteiger partial charge is 0.423 e. The molecule has 1 aliphatic heterocycles. The number of nitrogens with zero attached hydrogens (tertiary/aromatic N) is 5. The maximum Gasteiger partial charge on any atom is 0.243 e. The Morgan fingerprint density at radius 1 is 1.24 bits per heavy atom. The fourth-order valence-corrected chi connectivity index (χ4v) is 5.58. The minimum atomic E-state index is -3.60. The Hall–Kier alpha value is -2.94. The third kappa shape index (κ3) is 5.24. The highest BCUT2D eigenvalue weighted by Crippen LogP contribution is 2.41. The van der Waals surface area contributed by atoms with E-state index >= 15 is 0 Å². The SMILES string of the molecule is CCN(CC)S(=O)(=O)c1cccc(NC(=O)CN2CCN(c3oc(C4CC4)nc3C#N)CC2)c1. The number of benzene rings is 1. The molecule has 0 atom stereocenters. The molecule has 4 rings (SSSR count). The number of aromatic nitrogens is 1. The number of nitrogens with one attached hydrogen (secondary N) is 1. The molecule has 1 aliphatic carbocycles. The Kier molecular flexibility index (Phi) is 7.21. The van der Waals surface area contributed by atoms with Crippen molar-refractivity contribution >= 4 is 27.5 Å². The van der Waals surface area contributed by atoms with Gasteiger partial charge in [0.1, 0.15) is 6.07 Å². The van der Waals surface area contributed by atoms with Gasteiger partial charge in [0.15, 0.2) is 0 Å². The number of carbonyl (C=O) groups excluding carboxylic acids is 1. The molecule has 2 aliphatic rings. The van der Waals surface area contributed by atoms with Crippen LogP contribution in [0.4, 0.5) is 11.6 Å². The number of piperazine rings is 1. The van der Waals surface area contributed by atoms with E-state index in [4.69, 9.17) is 4.42 Å². The molecule has 11 heteroatoms. The van der Waals surface area contributed by atoms with Gasteiger partial charge in [0.05, 0.1) is 11.4 Å². The minimum Gasteiger partial charge on any atom is -0.423 e. The van der Waals surface area contributed by atoms with Crippen molar-refractivity contribution in [2.45, 2.75) is 37.5 Å². The second-order valence-corrected chi connectivity index (χ2v) is 10.5. The zero-order valence-corrected chi connectivity index (χ0v) is 20.3. The standard InChI is InChI=1S/C23H30N6O4S/c1-3-29(4-2)34(31,32)19-7-5-6-18(14-19)25-21(30)16-27-10-12-28(13-11-27)23-20(15-24)26-22(33-23)17-8-9-17/h5-7,14,17H,3-4,8-13,16H2,1-2H3,(H,25,30). The zero-order chi connectivity index (χ0) is 24.3. The van der Waals surface area contributed by atoms with Crippen LogP contribution in [-0.2, 0) is 14.8 Å². The Morgan fingerprint density at radius 2 is 1.94 bits per heavy atom. The Morgan fingerprint density at radius 3 is 2.56 bits per heavy atom. The number of hydrogen-bond acceptors (Lipinski definition) is 8. The lowest BCUT2D eigenvalue weighted by molar-refractivity contribution is -0.117. The van der Waals surface area contributed by atoms with E-state index in [2.05, 4.69) is 16.4 Å². The first-order valence-corrected chi connectivity index (χ1v) is 13.1. The monoisotopic (exact) mass is 486 g/mol. The third-order valence-corrected chi connectivity index (χ3v) is 8.19. The van der Waals surface area contributed by atoms with Gasteiger partial charge in [-0.25, -0.2) is 13.4 Å². The number of amides is 1. The van der Waals surface area contributed by atoms with E-state index in [9.17, 15) is 18.5 Å². The van der Waals surface area contributed by atoms with Crippen LogP contribution in [0.2, 0.25) is 0 Å². The van der Waals surface area contributed by atoms with Crippen LogP contribution in [0.3, 0.4) is 0 Å². The fourth-order valence-electron chi connectivity index (χ4n) is 4.08. The molecular formula is C23H30N6O4S. The van der Waals surface area contributed by atoms with Crippen LogP contribution in [0.15, 0.2) is 33.6 Å². The summed E-state index contributed by atoms with van der Waals surface area (Å²) in [5.74, 6) is 1.31. The molecule has 1 saturated carbocycles. The van der Waals surface area contributed by atoms with E-state index in [-0.39, 0.29) is 17.3 Å². The first-order chi connectivity index (χ1) is 16.3. The second-order valence-electron chi connectivity index (χ2n) is 8.52. The van der Waals surface area contributed by atoms with Gasteiger partial charge >= 0.3 is 0 Å². The molecule has 2 fully saturated rings. The molecule has 1 saturated heterocycles. The summed E-state index contributed by atoms with van der Waals surface area (Å²) in [6, 6.07) is 8.47. The first kappa shape index (κ1) is 24.2. The van der Waals surface area contributed by atoms with Gasteiger partial charge in [0.25, 0.3) is 0 Å². The van der Waals surface area contributed by atoms with Gasteiger partial charge < -0.3 is 14.6 Å². The molecule has 10 nitrogen and oxygen atoms in total. The normalized spacial score (nSPS) is 17.1. The van der Waals surface area contributed by atoms with Crippen molar-refractivity contribution in [3.63, 3.8) is 0 Å². The summed E-state index contributed by atoms with van der Waals surface area (Å²) < 4.78 is 32.8. The van der Waals surface area contributed by atoms with E-state index in [0.717, 1.165) is 12.8 Å². The van der Waals surface area contributed by atoms with Crippen LogP contribution >= 0.6 is 0 Å². The van der Waals surface area contributed by atoms with Gasteiger partial charge in [0.2, 0.25) is 33.4 Å². The van der Waals surface area contributed by atoms with Gasteiger partial charge in [-0.15, -0.1) is 0 Å². The lowest BCUT2D eigenvalue weighted by Crippen LogP contribution is -2.48. The number of carbonyl (C=O) groups is 1. The van der Waals surface area contributed by atoms with Crippen LogP contribution in [0.1, 0.15) is 44.2 Å². The number of anilines is 2. The van der Waals surface area contributed by atoms with Crippen LogP contribution in [0.5, 0.6) is 0 Å². The van der Waals surface area contributed by atoms with E-state index in [1.165, 1.54) is 16.4 Å². The number of oxazole rings is 1. The summed E-state index contributed by atoms with van der Waals surface area (Å²) in [5, 5.41) is 12.2. The summed E-state index contributed by atoms with van der Waals surface area (Å²) in [6.07, 6.45) is 2.11. The average molecular weight is 487 g/mol. The number of sulfonamides is 1. The molecule has 34 heavy (non-hydrogen) atoms. The predicted molar refractivity (Wildman–Crippen MR) is 127 cm³/mol. The lowest BCUT2D eigenvalue weighted by atomic mass is 10.3. The molecule has 0 spiro atoms. The number of hydrogen-bond donors (Lipinski definition) is 1. The predicted octanol–water partition coefficient (Wildman–Crippen LogP) is 2.21.